The number of aliphatic hydroxyl groups excluding tert-OH is 1. The van der Waals surface area contributed by atoms with Gasteiger partial charge in [0.25, 0.3) is 11.5 Å². The van der Waals surface area contributed by atoms with Gasteiger partial charge in [-0.1, -0.05) is 0 Å². The van der Waals surface area contributed by atoms with Gasteiger partial charge < -0.3 is 25.2 Å². The molecule has 3 N–H and O–H groups in total. The maximum absolute atomic E-state index is 13.1. The Balaban J connectivity index is 1.61. The average molecular weight is 416 g/mol. The molecular weight excluding hydrogens is 392 g/mol. The molecule has 2 amide bonds. The molecule has 2 unspecified atom stereocenters. The Morgan fingerprint density at radius 2 is 1.97 bits per heavy atom. The van der Waals surface area contributed by atoms with E-state index in [1.54, 1.807) is 25.1 Å². The third-order valence-electron chi connectivity index (χ3n) is 5.74. The summed E-state index contributed by atoms with van der Waals surface area (Å²) >= 11 is 0. The van der Waals surface area contributed by atoms with Crippen molar-refractivity contribution in [2.45, 2.75) is 44.5 Å². The molecular formula is C20H24N4O6. The van der Waals surface area contributed by atoms with Gasteiger partial charge in [-0.3, -0.25) is 9.59 Å². The first-order valence-corrected chi connectivity index (χ1v) is 9.92. The molecule has 4 rings (SSSR count). The molecule has 3 heterocycles. The maximum atomic E-state index is 13.1. The van der Waals surface area contributed by atoms with Gasteiger partial charge in [-0.15, -0.1) is 0 Å². The van der Waals surface area contributed by atoms with Gasteiger partial charge in [0, 0.05) is 17.5 Å². The molecule has 0 radical (unpaired) electrons. The summed E-state index contributed by atoms with van der Waals surface area (Å²) in [5, 5.41) is 25.9. The summed E-state index contributed by atoms with van der Waals surface area (Å²) in [4.78, 5) is 38.4. The number of aryl methyl sites for hydroxylation is 1. The zero-order chi connectivity index (χ0) is 21.4. The summed E-state index contributed by atoms with van der Waals surface area (Å²) in [6.45, 7) is 2.48. The second kappa shape index (κ2) is 8.04. The number of nitrogens with zero attached hydrogens (tertiary/aromatic N) is 3. The Morgan fingerprint density at radius 1 is 1.27 bits per heavy atom. The largest absolute Gasteiger partial charge is 0.465 e. The molecule has 30 heavy (non-hydrogen) atoms. The summed E-state index contributed by atoms with van der Waals surface area (Å²) in [7, 11) is 0. The molecule has 10 heteroatoms. The van der Waals surface area contributed by atoms with Crippen molar-refractivity contribution in [2.24, 2.45) is 0 Å². The van der Waals surface area contributed by atoms with Gasteiger partial charge in [-0.2, -0.15) is 5.10 Å². The second-order valence-corrected chi connectivity index (χ2v) is 7.81. The highest BCUT2D eigenvalue weighted by molar-refractivity contribution is 5.99. The summed E-state index contributed by atoms with van der Waals surface area (Å²) in [5.41, 5.74) is 0.645. The number of benzene rings is 1. The number of carbonyl (C=O) groups is 2. The first-order chi connectivity index (χ1) is 14.3. The van der Waals surface area contributed by atoms with Crippen LogP contribution in [0.5, 0.6) is 0 Å². The van der Waals surface area contributed by atoms with Crippen LogP contribution in [0.1, 0.15) is 28.9 Å². The standard InChI is InChI=1S/C20H24N4O6/c1-11-17-6-12(18(26)24-13-3-4-14(24)10-30-9-13)2-5-16(17)19(27)23(22-11)8-15(25)7-21-20(28)29/h2,5-6,13-15,21,25H,3-4,7-10H2,1H3,(H,28,29)/t13?,14?,15-/m0/s1. The zero-order valence-corrected chi connectivity index (χ0v) is 16.6. The number of ether oxygens (including phenoxy) is 1. The van der Waals surface area contributed by atoms with Crippen molar-refractivity contribution in [1.29, 1.82) is 0 Å². The number of morpholine rings is 1. The molecule has 0 saturated carbocycles. The van der Waals surface area contributed by atoms with Gasteiger partial charge in [0.05, 0.1) is 49.0 Å². The first kappa shape index (κ1) is 20.3. The van der Waals surface area contributed by atoms with E-state index in [1.807, 2.05) is 4.90 Å². The average Bonchev–Trinajstić information content (AvgIpc) is 2.97. The number of nitrogens with one attached hydrogen (secondary N) is 1. The molecule has 2 saturated heterocycles. The van der Waals surface area contributed by atoms with Gasteiger partial charge in [-0.05, 0) is 38.0 Å². The third-order valence-corrected chi connectivity index (χ3v) is 5.74. The Kier molecular flexibility index (Phi) is 5.44. The van der Waals surface area contributed by atoms with Crippen LogP contribution >= 0.6 is 0 Å². The second-order valence-electron chi connectivity index (χ2n) is 7.81. The van der Waals surface area contributed by atoms with Crippen LogP contribution in [-0.4, -0.2) is 74.8 Å². The third kappa shape index (κ3) is 3.75. The van der Waals surface area contributed by atoms with E-state index >= 15 is 0 Å². The molecule has 160 valence electrons. The molecule has 0 spiro atoms. The lowest BCUT2D eigenvalue weighted by molar-refractivity contribution is -0.00715. The molecule has 10 nitrogen and oxygen atoms in total. The van der Waals surface area contributed by atoms with Crippen molar-refractivity contribution in [3.05, 3.63) is 39.8 Å². The zero-order valence-electron chi connectivity index (χ0n) is 16.6. The molecule has 0 aliphatic carbocycles. The lowest BCUT2D eigenvalue weighted by Gasteiger charge is -2.34. The van der Waals surface area contributed by atoms with E-state index in [2.05, 4.69) is 10.4 Å². The molecule has 2 aliphatic heterocycles. The number of hydrogen-bond donors (Lipinski definition) is 3. The number of fused-ring (bicyclic) bond motifs is 3. The highest BCUT2D eigenvalue weighted by Crippen LogP contribution is 2.30. The normalized spacial score (nSPS) is 21.6. The smallest absolute Gasteiger partial charge is 0.404 e. The molecule has 2 aliphatic rings. The van der Waals surface area contributed by atoms with Crippen LogP contribution in [0.15, 0.2) is 23.0 Å². The van der Waals surface area contributed by atoms with Gasteiger partial charge in [0.15, 0.2) is 0 Å². The minimum Gasteiger partial charge on any atom is -0.465 e. The van der Waals surface area contributed by atoms with Crippen molar-refractivity contribution in [3.8, 4) is 0 Å². The minimum absolute atomic E-state index is 0.0635. The molecule has 2 aromatic rings. The van der Waals surface area contributed by atoms with Crippen LogP contribution in [0.3, 0.4) is 0 Å². The number of aromatic nitrogens is 2. The fourth-order valence-electron chi connectivity index (χ4n) is 4.28. The lowest BCUT2D eigenvalue weighted by Crippen LogP contribution is -2.49. The van der Waals surface area contributed by atoms with Crippen LogP contribution in [0.25, 0.3) is 10.8 Å². The molecule has 2 bridgehead atoms. The number of carboxylic acid groups (broad SMARTS) is 1. The maximum Gasteiger partial charge on any atom is 0.404 e. The summed E-state index contributed by atoms with van der Waals surface area (Å²) < 4.78 is 6.67. The number of hydrogen-bond acceptors (Lipinski definition) is 6. The first-order valence-electron chi connectivity index (χ1n) is 9.92. The fraction of sp³-hybridized carbons (Fsp3) is 0.500. The highest BCUT2D eigenvalue weighted by Gasteiger charge is 2.40. The Bertz CT molecular complexity index is 1040. The lowest BCUT2D eigenvalue weighted by atomic mass is 10.1. The summed E-state index contributed by atoms with van der Waals surface area (Å²) in [6.07, 6.45) is -0.473. The van der Waals surface area contributed by atoms with E-state index in [-0.39, 0.29) is 31.1 Å². The van der Waals surface area contributed by atoms with Crippen molar-refractivity contribution >= 4 is 22.8 Å². The number of aliphatic hydroxyl groups is 1. The van der Waals surface area contributed by atoms with Crippen LogP contribution in [-0.2, 0) is 11.3 Å². The molecule has 3 atom stereocenters. The van der Waals surface area contributed by atoms with Crippen molar-refractivity contribution in [3.63, 3.8) is 0 Å². The number of amides is 2. The Labute approximate surface area is 172 Å². The molecule has 1 aromatic carbocycles. The Hall–Kier alpha value is -2.98. The van der Waals surface area contributed by atoms with E-state index in [0.717, 1.165) is 17.5 Å². The van der Waals surface area contributed by atoms with Gasteiger partial charge in [0.2, 0.25) is 0 Å². The number of carbonyl (C=O) groups excluding carboxylic acids is 1. The molecule has 1 aromatic heterocycles. The van der Waals surface area contributed by atoms with Crippen molar-refractivity contribution in [2.75, 3.05) is 19.8 Å². The quantitative estimate of drug-likeness (QED) is 0.640. The number of rotatable bonds is 5. The van der Waals surface area contributed by atoms with E-state index in [0.29, 0.717) is 35.2 Å². The van der Waals surface area contributed by atoms with E-state index in [1.165, 1.54) is 0 Å². The fourth-order valence-corrected chi connectivity index (χ4v) is 4.28. The van der Waals surface area contributed by atoms with Crippen molar-refractivity contribution < 1.29 is 24.5 Å². The molecule has 2 fully saturated rings. The minimum atomic E-state index is -1.25. The highest BCUT2D eigenvalue weighted by atomic mass is 16.5. The van der Waals surface area contributed by atoms with Crippen LogP contribution < -0.4 is 10.9 Å². The van der Waals surface area contributed by atoms with Gasteiger partial charge >= 0.3 is 6.09 Å². The SMILES string of the molecule is Cc1nn(C[C@@H](O)CNC(=O)O)c(=O)c2ccc(C(=O)N3C4CCC3COC4)cc12. The van der Waals surface area contributed by atoms with Gasteiger partial charge in [-0.25, -0.2) is 9.48 Å². The van der Waals surface area contributed by atoms with Crippen molar-refractivity contribution in [1.82, 2.24) is 20.0 Å². The van der Waals surface area contributed by atoms with Gasteiger partial charge in [0.1, 0.15) is 0 Å². The van der Waals surface area contributed by atoms with E-state index in [9.17, 15) is 19.5 Å². The van der Waals surface area contributed by atoms with Crippen LogP contribution in [0, 0.1) is 6.92 Å². The van der Waals surface area contributed by atoms with Crippen LogP contribution in [0.4, 0.5) is 4.79 Å². The summed E-state index contributed by atoms with van der Waals surface area (Å²) in [6, 6.07) is 5.15. The predicted octanol–water partition coefficient (Wildman–Crippen LogP) is 0.337. The monoisotopic (exact) mass is 416 g/mol. The van der Waals surface area contributed by atoms with E-state index < -0.39 is 17.8 Å². The Morgan fingerprint density at radius 3 is 2.63 bits per heavy atom. The van der Waals surface area contributed by atoms with E-state index in [4.69, 9.17) is 9.84 Å². The topological polar surface area (TPSA) is 134 Å². The summed E-state index contributed by atoms with van der Waals surface area (Å²) in [5.74, 6) is -0.0635. The predicted molar refractivity (Wildman–Crippen MR) is 107 cm³/mol. The van der Waals surface area contributed by atoms with Crippen LogP contribution in [0.2, 0.25) is 0 Å².